The SMILES string of the molecule is COc1ccc(-c2nn(-c3ccc(NC(=O)Nc4ccc(Cl)c(Cl)c4)cc3)cc2-c2ccncc2)cc1Cl. The van der Waals surface area contributed by atoms with Crippen molar-refractivity contribution in [3.63, 3.8) is 0 Å². The highest BCUT2D eigenvalue weighted by atomic mass is 35.5. The number of anilines is 2. The lowest BCUT2D eigenvalue weighted by atomic mass is 10.0. The zero-order chi connectivity index (χ0) is 26.6. The van der Waals surface area contributed by atoms with Gasteiger partial charge in [-0.1, -0.05) is 34.8 Å². The van der Waals surface area contributed by atoms with E-state index in [1.807, 2.05) is 48.7 Å². The first-order chi connectivity index (χ1) is 18.4. The van der Waals surface area contributed by atoms with Crippen molar-refractivity contribution in [3.8, 4) is 33.8 Å². The van der Waals surface area contributed by atoms with E-state index >= 15 is 0 Å². The number of hydrogen-bond acceptors (Lipinski definition) is 4. The lowest BCUT2D eigenvalue weighted by molar-refractivity contribution is 0.262. The number of halogens is 3. The molecule has 0 aliphatic rings. The zero-order valence-corrected chi connectivity index (χ0v) is 22.2. The molecule has 3 aromatic carbocycles. The Kier molecular flexibility index (Phi) is 7.51. The second-order valence-corrected chi connectivity index (χ2v) is 9.40. The first-order valence-electron chi connectivity index (χ1n) is 11.4. The van der Waals surface area contributed by atoms with Crippen LogP contribution in [0.1, 0.15) is 0 Å². The van der Waals surface area contributed by atoms with E-state index in [2.05, 4.69) is 15.6 Å². The fourth-order valence-electron chi connectivity index (χ4n) is 3.84. The Morgan fingerprint density at radius 1 is 0.789 bits per heavy atom. The predicted octanol–water partition coefficient (Wildman–Crippen LogP) is 8.21. The number of rotatable bonds is 6. The molecule has 10 heteroatoms. The van der Waals surface area contributed by atoms with Gasteiger partial charge in [-0.2, -0.15) is 5.10 Å². The number of carbonyl (C=O) groups is 1. The highest BCUT2D eigenvalue weighted by molar-refractivity contribution is 6.42. The molecule has 38 heavy (non-hydrogen) atoms. The van der Waals surface area contributed by atoms with Crippen LogP contribution in [0.25, 0.3) is 28.1 Å². The largest absolute Gasteiger partial charge is 0.495 e. The van der Waals surface area contributed by atoms with Crippen LogP contribution in [-0.4, -0.2) is 27.9 Å². The lowest BCUT2D eigenvalue weighted by Crippen LogP contribution is -2.19. The Morgan fingerprint density at radius 3 is 2.18 bits per heavy atom. The molecule has 7 nitrogen and oxygen atoms in total. The Hall–Kier alpha value is -4.04. The fraction of sp³-hybridized carbons (Fsp3) is 0.0357. The van der Waals surface area contributed by atoms with Crippen molar-refractivity contribution in [3.05, 3.63) is 106 Å². The third-order valence-electron chi connectivity index (χ3n) is 5.70. The van der Waals surface area contributed by atoms with E-state index in [9.17, 15) is 4.79 Å². The van der Waals surface area contributed by atoms with Crippen LogP contribution in [0.3, 0.4) is 0 Å². The molecule has 5 rings (SSSR count). The molecule has 2 aromatic heterocycles. The van der Waals surface area contributed by atoms with Gasteiger partial charge in [0.1, 0.15) is 11.4 Å². The standard InChI is InChI=1S/C28H20Cl3N5O2/c1-38-26-9-2-18(14-25(26)31)27-22(17-10-12-32-13-11-17)16-36(35-27)21-6-3-19(4-7-21)33-28(37)34-20-5-8-23(29)24(30)15-20/h2-16H,1H3,(H2,33,34,37). The molecule has 0 spiro atoms. The minimum Gasteiger partial charge on any atom is -0.495 e. The molecule has 0 aliphatic carbocycles. The number of ether oxygens (including phenoxy) is 1. The zero-order valence-electron chi connectivity index (χ0n) is 20.0. The lowest BCUT2D eigenvalue weighted by Gasteiger charge is -2.09. The predicted molar refractivity (Wildman–Crippen MR) is 153 cm³/mol. The van der Waals surface area contributed by atoms with E-state index in [1.165, 1.54) is 0 Å². The summed E-state index contributed by atoms with van der Waals surface area (Å²) in [5.74, 6) is 0.589. The topological polar surface area (TPSA) is 81.1 Å². The maximum absolute atomic E-state index is 12.4. The molecule has 2 heterocycles. The minimum atomic E-state index is -0.408. The Labute approximate surface area is 234 Å². The molecule has 2 amide bonds. The maximum atomic E-state index is 12.4. The molecule has 0 saturated carbocycles. The summed E-state index contributed by atoms with van der Waals surface area (Å²) in [6.07, 6.45) is 5.42. The van der Waals surface area contributed by atoms with Gasteiger partial charge >= 0.3 is 6.03 Å². The van der Waals surface area contributed by atoms with Gasteiger partial charge in [0, 0.05) is 41.1 Å². The van der Waals surface area contributed by atoms with E-state index in [-0.39, 0.29) is 0 Å². The molecule has 190 valence electrons. The smallest absolute Gasteiger partial charge is 0.323 e. The minimum absolute atomic E-state index is 0.357. The van der Waals surface area contributed by atoms with Gasteiger partial charge in [0.2, 0.25) is 0 Å². The number of methoxy groups -OCH3 is 1. The van der Waals surface area contributed by atoms with Crippen LogP contribution in [0.2, 0.25) is 15.1 Å². The van der Waals surface area contributed by atoms with Gasteiger partial charge in [-0.25, -0.2) is 9.48 Å². The number of nitrogens with one attached hydrogen (secondary N) is 2. The van der Waals surface area contributed by atoms with Crippen molar-refractivity contribution >= 4 is 52.2 Å². The summed E-state index contributed by atoms with van der Waals surface area (Å²) >= 11 is 18.4. The van der Waals surface area contributed by atoms with E-state index in [0.29, 0.717) is 32.2 Å². The summed E-state index contributed by atoms with van der Waals surface area (Å²) in [5.41, 5.74) is 5.42. The van der Waals surface area contributed by atoms with Crippen molar-refractivity contribution < 1.29 is 9.53 Å². The third-order valence-corrected chi connectivity index (χ3v) is 6.73. The quantitative estimate of drug-likeness (QED) is 0.218. The van der Waals surface area contributed by atoms with Gasteiger partial charge in [-0.15, -0.1) is 0 Å². The van der Waals surface area contributed by atoms with Gasteiger partial charge in [0.05, 0.1) is 27.9 Å². The molecule has 0 saturated heterocycles. The van der Waals surface area contributed by atoms with Crippen LogP contribution in [0.4, 0.5) is 16.2 Å². The number of pyridine rings is 1. The monoisotopic (exact) mass is 563 g/mol. The first kappa shape index (κ1) is 25.6. The van der Waals surface area contributed by atoms with E-state index in [0.717, 1.165) is 28.1 Å². The van der Waals surface area contributed by atoms with E-state index in [4.69, 9.17) is 44.6 Å². The van der Waals surface area contributed by atoms with Gasteiger partial charge in [0.25, 0.3) is 0 Å². The molecule has 0 aliphatic heterocycles. The second kappa shape index (κ2) is 11.1. The van der Waals surface area contributed by atoms with Gasteiger partial charge in [-0.3, -0.25) is 4.98 Å². The molecule has 5 aromatic rings. The summed E-state index contributed by atoms with van der Waals surface area (Å²) < 4.78 is 7.08. The number of benzene rings is 3. The summed E-state index contributed by atoms with van der Waals surface area (Å²) in [4.78, 5) is 16.6. The fourth-order valence-corrected chi connectivity index (χ4v) is 4.40. The van der Waals surface area contributed by atoms with Crippen molar-refractivity contribution in [1.29, 1.82) is 0 Å². The van der Waals surface area contributed by atoms with Crippen LogP contribution in [0.5, 0.6) is 5.75 Å². The average Bonchev–Trinajstić information content (AvgIpc) is 3.37. The summed E-state index contributed by atoms with van der Waals surface area (Å²) in [6.45, 7) is 0. The van der Waals surface area contributed by atoms with E-state index < -0.39 is 6.03 Å². The maximum Gasteiger partial charge on any atom is 0.323 e. The molecule has 0 fully saturated rings. The molecule has 0 unspecified atom stereocenters. The van der Waals surface area contributed by atoms with Crippen molar-refractivity contribution in [2.75, 3.05) is 17.7 Å². The highest BCUT2D eigenvalue weighted by Gasteiger charge is 2.16. The van der Waals surface area contributed by atoms with Crippen LogP contribution >= 0.6 is 34.8 Å². The molecule has 0 radical (unpaired) electrons. The van der Waals surface area contributed by atoms with Crippen LogP contribution in [-0.2, 0) is 0 Å². The Balaban J connectivity index is 1.40. The van der Waals surface area contributed by atoms with Crippen molar-refractivity contribution in [2.45, 2.75) is 0 Å². The van der Waals surface area contributed by atoms with E-state index in [1.54, 1.807) is 54.5 Å². The second-order valence-electron chi connectivity index (χ2n) is 8.18. The van der Waals surface area contributed by atoms with Gasteiger partial charge in [-0.05, 0) is 78.4 Å². The van der Waals surface area contributed by atoms with Gasteiger partial charge in [0.15, 0.2) is 0 Å². The number of hydrogen-bond donors (Lipinski definition) is 2. The van der Waals surface area contributed by atoms with Crippen molar-refractivity contribution in [2.24, 2.45) is 0 Å². The number of urea groups is 1. The molecule has 0 atom stereocenters. The van der Waals surface area contributed by atoms with Gasteiger partial charge < -0.3 is 15.4 Å². The Morgan fingerprint density at radius 2 is 1.50 bits per heavy atom. The van der Waals surface area contributed by atoms with Crippen molar-refractivity contribution in [1.82, 2.24) is 14.8 Å². The normalized spacial score (nSPS) is 10.7. The number of nitrogens with zero attached hydrogens (tertiary/aromatic N) is 3. The number of carbonyl (C=O) groups excluding carboxylic acids is 1. The van der Waals surface area contributed by atoms with Crippen LogP contribution < -0.4 is 15.4 Å². The Bertz CT molecular complexity index is 1610. The molecular formula is C28H20Cl3N5O2. The summed E-state index contributed by atoms with van der Waals surface area (Å²) in [7, 11) is 1.58. The highest BCUT2D eigenvalue weighted by Crippen LogP contribution is 2.35. The molecular weight excluding hydrogens is 545 g/mol. The summed E-state index contributed by atoms with van der Waals surface area (Å²) in [6, 6.07) is 21.2. The molecule has 2 N–H and O–H groups in total. The van der Waals surface area contributed by atoms with Crippen LogP contribution in [0, 0.1) is 0 Å². The van der Waals surface area contributed by atoms with Crippen LogP contribution in [0.15, 0.2) is 91.4 Å². The first-order valence-corrected chi connectivity index (χ1v) is 12.5. The third kappa shape index (κ3) is 5.60. The summed E-state index contributed by atoms with van der Waals surface area (Å²) in [5, 5.41) is 11.7. The number of amides is 2. The average molecular weight is 565 g/mol. The molecule has 0 bridgehead atoms. The number of aromatic nitrogens is 3.